The topological polar surface area (TPSA) is 49.9 Å². The van der Waals surface area contributed by atoms with Crippen molar-refractivity contribution in [1.82, 2.24) is 9.80 Å². The van der Waals surface area contributed by atoms with E-state index in [0.29, 0.717) is 24.3 Å². The molecule has 0 aromatic heterocycles. The highest BCUT2D eigenvalue weighted by molar-refractivity contribution is 7.98. The van der Waals surface area contributed by atoms with Crippen molar-refractivity contribution < 1.29 is 14.3 Å². The lowest BCUT2D eigenvalue weighted by atomic mass is 9.83. The maximum absolute atomic E-state index is 12.3. The summed E-state index contributed by atoms with van der Waals surface area (Å²) in [5.74, 6) is 1.91. The quantitative estimate of drug-likeness (QED) is 0.664. The second-order valence-corrected chi connectivity index (χ2v) is 7.77. The summed E-state index contributed by atoms with van der Waals surface area (Å²) in [5.41, 5.74) is 0. The van der Waals surface area contributed by atoms with Crippen LogP contribution < -0.4 is 0 Å². The summed E-state index contributed by atoms with van der Waals surface area (Å²) in [7, 11) is 0. The number of likely N-dealkylation sites (tertiary alicyclic amines) is 2. The molecule has 2 heterocycles. The molecular formula is C17H30N2O3S. The fourth-order valence-electron chi connectivity index (χ4n) is 3.58. The lowest BCUT2D eigenvalue weighted by Gasteiger charge is -2.47. The largest absolute Gasteiger partial charge is 0.369 e. The number of thioether (sulfide) groups is 1. The third-order valence-electron chi connectivity index (χ3n) is 4.78. The smallest absolute Gasteiger partial charge is 0.248 e. The molecule has 0 aromatic rings. The van der Waals surface area contributed by atoms with Crippen molar-refractivity contribution in [3.63, 3.8) is 0 Å². The van der Waals surface area contributed by atoms with Gasteiger partial charge in [0.05, 0.1) is 6.10 Å². The van der Waals surface area contributed by atoms with Gasteiger partial charge in [-0.2, -0.15) is 11.8 Å². The van der Waals surface area contributed by atoms with Gasteiger partial charge in [-0.1, -0.05) is 0 Å². The van der Waals surface area contributed by atoms with E-state index in [1.165, 1.54) is 0 Å². The van der Waals surface area contributed by atoms with Crippen LogP contribution >= 0.6 is 11.8 Å². The molecule has 23 heavy (non-hydrogen) atoms. The van der Waals surface area contributed by atoms with Gasteiger partial charge in [-0.05, 0) is 51.0 Å². The molecule has 2 aliphatic rings. The van der Waals surface area contributed by atoms with Gasteiger partial charge >= 0.3 is 0 Å². The first-order chi connectivity index (χ1) is 11.0. The molecule has 2 atom stereocenters. The summed E-state index contributed by atoms with van der Waals surface area (Å²) in [4.78, 5) is 28.5. The highest BCUT2D eigenvalue weighted by atomic mass is 32.2. The number of rotatable bonds is 7. The highest BCUT2D eigenvalue weighted by Gasteiger charge is 2.39. The van der Waals surface area contributed by atoms with Crippen molar-refractivity contribution in [3.8, 4) is 0 Å². The van der Waals surface area contributed by atoms with Crippen LogP contribution in [0.15, 0.2) is 0 Å². The lowest BCUT2D eigenvalue weighted by molar-refractivity contribution is -0.146. The Hall–Kier alpha value is -0.750. The van der Waals surface area contributed by atoms with E-state index < -0.39 is 0 Å². The number of hydrogen-bond acceptors (Lipinski definition) is 4. The summed E-state index contributed by atoms with van der Waals surface area (Å²) in [6, 6.07) is 0.327. The number of ether oxygens (including phenoxy) is 1. The average Bonchev–Trinajstić information content (AvgIpc) is 2.54. The molecule has 2 saturated heterocycles. The fraction of sp³-hybridized carbons (Fsp3) is 0.882. The van der Waals surface area contributed by atoms with Gasteiger partial charge in [0.25, 0.3) is 0 Å². The lowest BCUT2D eigenvalue weighted by Crippen LogP contribution is -2.57. The van der Waals surface area contributed by atoms with Gasteiger partial charge in [-0.25, -0.2) is 0 Å². The molecule has 0 unspecified atom stereocenters. The first-order valence-corrected chi connectivity index (χ1v) is 10.1. The van der Waals surface area contributed by atoms with Crippen LogP contribution in [0.1, 0.15) is 39.5 Å². The Morgan fingerprint density at radius 2 is 2.17 bits per heavy atom. The van der Waals surface area contributed by atoms with Gasteiger partial charge < -0.3 is 14.5 Å². The van der Waals surface area contributed by atoms with E-state index in [-0.39, 0.29) is 18.6 Å². The second kappa shape index (κ2) is 8.92. The third kappa shape index (κ3) is 5.11. The zero-order valence-corrected chi connectivity index (χ0v) is 15.4. The van der Waals surface area contributed by atoms with E-state index in [9.17, 15) is 9.59 Å². The average molecular weight is 343 g/mol. The molecule has 2 amide bonds. The van der Waals surface area contributed by atoms with Crippen LogP contribution in [0.2, 0.25) is 0 Å². The Morgan fingerprint density at radius 1 is 1.39 bits per heavy atom. The number of nitrogens with zero attached hydrogens (tertiary/aromatic N) is 2. The van der Waals surface area contributed by atoms with Crippen molar-refractivity contribution in [1.29, 1.82) is 0 Å². The number of carbonyl (C=O) groups excluding carboxylic acids is 2. The Kier molecular flexibility index (Phi) is 7.21. The summed E-state index contributed by atoms with van der Waals surface area (Å²) in [5, 5.41) is 0. The zero-order valence-electron chi connectivity index (χ0n) is 14.6. The van der Waals surface area contributed by atoms with Crippen LogP contribution in [0.25, 0.3) is 0 Å². The predicted molar refractivity (Wildman–Crippen MR) is 93.5 cm³/mol. The van der Waals surface area contributed by atoms with Crippen LogP contribution in [0.5, 0.6) is 0 Å². The molecule has 2 aliphatic heterocycles. The van der Waals surface area contributed by atoms with E-state index >= 15 is 0 Å². The SMILES string of the molecule is CSCCCN1C(=O)CC[C@H]2CN(C(=O)COC(C)C)CC[C@H]21. The van der Waals surface area contributed by atoms with E-state index in [4.69, 9.17) is 4.74 Å². The predicted octanol–water partition coefficient (Wildman–Crippen LogP) is 2.00. The van der Waals surface area contributed by atoms with Crippen molar-refractivity contribution in [3.05, 3.63) is 0 Å². The second-order valence-electron chi connectivity index (χ2n) is 6.79. The van der Waals surface area contributed by atoms with E-state index in [2.05, 4.69) is 11.2 Å². The molecule has 2 fully saturated rings. The van der Waals surface area contributed by atoms with E-state index in [0.717, 1.165) is 44.6 Å². The summed E-state index contributed by atoms with van der Waals surface area (Å²) >= 11 is 1.83. The number of amides is 2. The standard InChI is InChI=1S/C17H30N2O3S/c1-13(2)22-12-17(21)18-9-7-15-14(11-18)5-6-16(20)19(15)8-4-10-23-3/h13-15H,4-12H2,1-3H3/t14-,15+/m0/s1. The van der Waals surface area contributed by atoms with Crippen LogP contribution in [0.3, 0.4) is 0 Å². The molecule has 6 heteroatoms. The first-order valence-electron chi connectivity index (χ1n) is 8.70. The van der Waals surface area contributed by atoms with Crippen LogP contribution in [-0.4, -0.2) is 72.0 Å². The fourth-order valence-corrected chi connectivity index (χ4v) is 3.99. The Bertz CT molecular complexity index is 417. The van der Waals surface area contributed by atoms with E-state index in [1.54, 1.807) is 0 Å². The zero-order chi connectivity index (χ0) is 16.8. The Morgan fingerprint density at radius 3 is 2.87 bits per heavy atom. The molecule has 0 bridgehead atoms. The molecule has 0 spiro atoms. The molecule has 132 valence electrons. The summed E-state index contributed by atoms with van der Waals surface area (Å²) < 4.78 is 5.44. The number of fused-ring (bicyclic) bond motifs is 1. The Balaban J connectivity index is 1.89. The van der Waals surface area contributed by atoms with Gasteiger partial charge in [0.15, 0.2) is 0 Å². The van der Waals surface area contributed by atoms with Crippen LogP contribution in [0.4, 0.5) is 0 Å². The van der Waals surface area contributed by atoms with Crippen molar-refractivity contribution in [2.45, 2.75) is 51.7 Å². The molecule has 0 N–H and O–H groups in total. The minimum atomic E-state index is 0.0794. The van der Waals surface area contributed by atoms with Gasteiger partial charge in [0.1, 0.15) is 6.61 Å². The van der Waals surface area contributed by atoms with Crippen molar-refractivity contribution in [2.75, 3.05) is 38.2 Å². The molecule has 0 radical (unpaired) electrons. The van der Waals surface area contributed by atoms with Crippen LogP contribution in [0, 0.1) is 5.92 Å². The third-order valence-corrected chi connectivity index (χ3v) is 5.48. The normalized spacial score (nSPS) is 25.0. The van der Waals surface area contributed by atoms with Crippen molar-refractivity contribution >= 4 is 23.6 Å². The van der Waals surface area contributed by atoms with Crippen LogP contribution in [-0.2, 0) is 14.3 Å². The van der Waals surface area contributed by atoms with Gasteiger partial charge in [-0.15, -0.1) is 0 Å². The monoisotopic (exact) mass is 342 g/mol. The molecule has 5 nitrogen and oxygen atoms in total. The maximum atomic E-state index is 12.3. The number of piperidine rings is 2. The van der Waals surface area contributed by atoms with Gasteiger partial charge in [-0.3, -0.25) is 9.59 Å². The van der Waals surface area contributed by atoms with Crippen molar-refractivity contribution in [2.24, 2.45) is 5.92 Å². The Labute approximate surface area is 144 Å². The summed E-state index contributed by atoms with van der Waals surface area (Å²) in [6.07, 6.45) is 5.69. The maximum Gasteiger partial charge on any atom is 0.248 e. The minimum absolute atomic E-state index is 0.0794. The van der Waals surface area contributed by atoms with Gasteiger partial charge in [0.2, 0.25) is 11.8 Å². The molecule has 0 saturated carbocycles. The molecule has 0 aromatic carbocycles. The molecule has 2 rings (SSSR count). The molecular weight excluding hydrogens is 312 g/mol. The summed E-state index contributed by atoms with van der Waals surface area (Å²) in [6.45, 7) is 6.44. The first kappa shape index (κ1) is 18.6. The van der Waals surface area contributed by atoms with E-state index in [1.807, 2.05) is 30.5 Å². The highest BCUT2D eigenvalue weighted by Crippen LogP contribution is 2.31. The number of carbonyl (C=O) groups is 2. The minimum Gasteiger partial charge on any atom is -0.369 e. The molecule has 0 aliphatic carbocycles. The number of hydrogen-bond donors (Lipinski definition) is 0. The van der Waals surface area contributed by atoms with Gasteiger partial charge in [0, 0.05) is 32.1 Å².